The Morgan fingerprint density at radius 2 is 2.00 bits per heavy atom. The molecule has 5 rings (SSSR count). The maximum atomic E-state index is 12.1. The number of nitrogens with one attached hydrogen (secondary N) is 1. The third kappa shape index (κ3) is 7.14. The molecule has 1 N–H and O–H groups in total. The fourth-order valence-corrected chi connectivity index (χ4v) is 6.22. The fraction of sp³-hybridized carbons (Fsp3) is 0.433. The van der Waals surface area contributed by atoms with E-state index < -0.39 is 15.7 Å². The number of halogens is 1. The quantitative estimate of drug-likeness (QED) is 0.345. The van der Waals surface area contributed by atoms with Crippen LogP contribution in [0.2, 0.25) is 5.02 Å². The van der Waals surface area contributed by atoms with E-state index in [1.165, 1.54) is 0 Å². The molecule has 2 aliphatic heterocycles. The van der Waals surface area contributed by atoms with E-state index in [2.05, 4.69) is 46.4 Å². The van der Waals surface area contributed by atoms with E-state index >= 15 is 0 Å². The predicted octanol–water partition coefficient (Wildman–Crippen LogP) is 3.43. The number of ether oxygens (including phenoxy) is 1. The summed E-state index contributed by atoms with van der Waals surface area (Å²) in [5.74, 6) is 0.305. The largest absolute Gasteiger partial charge is 0.462 e. The molecule has 2 aromatic carbocycles. The Bertz CT molecular complexity index is 1590. The first kappa shape index (κ1) is 30.1. The number of anilines is 2. The minimum absolute atomic E-state index is 0.311. The zero-order valence-corrected chi connectivity index (χ0v) is 25.8. The Kier molecular flexibility index (Phi) is 9.19. The first-order valence-corrected chi connectivity index (χ1v) is 16.4. The van der Waals surface area contributed by atoms with Crippen LogP contribution in [0, 0.1) is 0 Å². The van der Waals surface area contributed by atoms with E-state index in [9.17, 15) is 13.2 Å². The highest BCUT2D eigenvalue weighted by atomic mass is 35.5. The second kappa shape index (κ2) is 12.8. The molecule has 12 heteroatoms. The average molecular weight is 613 g/mol. The molecule has 1 amide bonds. The van der Waals surface area contributed by atoms with Gasteiger partial charge in [-0.25, -0.2) is 8.42 Å². The van der Waals surface area contributed by atoms with Crippen LogP contribution in [0.5, 0.6) is 6.01 Å². The van der Waals surface area contributed by atoms with Gasteiger partial charge in [0.2, 0.25) is 5.91 Å². The van der Waals surface area contributed by atoms with Crippen molar-refractivity contribution in [3.63, 3.8) is 0 Å². The number of nitrogens with zero attached hydrogens (tertiary/aromatic N) is 5. The molecule has 0 saturated carbocycles. The lowest BCUT2D eigenvalue weighted by Crippen LogP contribution is -2.36. The normalized spacial score (nSPS) is 17.5. The van der Waals surface area contributed by atoms with Crippen molar-refractivity contribution in [3.8, 4) is 6.01 Å². The van der Waals surface area contributed by atoms with Gasteiger partial charge in [-0.05, 0) is 50.4 Å². The van der Waals surface area contributed by atoms with E-state index in [-0.39, 0.29) is 0 Å². The highest BCUT2D eigenvalue weighted by molar-refractivity contribution is 7.93. The number of carbonyl (C=O) groups is 1. The summed E-state index contributed by atoms with van der Waals surface area (Å²) < 4.78 is 28.8. The van der Waals surface area contributed by atoms with Crippen molar-refractivity contribution in [1.82, 2.24) is 20.2 Å². The number of likely N-dealkylation sites (tertiary alicyclic amines) is 1. The van der Waals surface area contributed by atoms with Crippen LogP contribution in [0.1, 0.15) is 24.1 Å². The lowest BCUT2D eigenvalue weighted by atomic mass is 10.0. The summed E-state index contributed by atoms with van der Waals surface area (Å²) in [6.07, 6.45) is 5.03. The van der Waals surface area contributed by atoms with E-state index in [0.29, 0.717) is 38.3 Å². The van der Waals surface area contributed by atoms with Crippen molar-refractivity contribution in [2.75, 3.05) is 62.9 Å². The summed E-state index contributed by atoms with van der Waals surface area (Å²) in [6, 6.07) is 12.8. The molecule has 0 spiro atoms. The molecule has 10 nitrogen and oxygen atoms in total. The van der Waals surface area contributed by atoms with Crippen molar-refractivity contribution >= 4 is 49.6 Å². The lowest BCUT2D eigenvalue weighted by molar-refractivity contribution is -0.116. The van der Waals surface area contributed by atoms with Gasteiger partial charge < -0.3 is 24.8 Å². The predicted molar refractivity (Wildman–Crippen MR) is 167 cm³/mol. The topological polar surface area (TPSA) is 108 Å². The Labute approximate surface area is 252 Å². The number of rotatable bonds is 10. The van der Waals surface area contributed by atoms with Crippen LogP contribution in [0.4, 0.5) is 11.5 Å². The minimum atomic E-state index is -3.37. The second-order valence-electron chi connectivity index (χ2n) is 11.0. The van der Waals surface area contributed by atoms with Crippen LogP contribution >= 0.6 is 11.6 Å². The molecular formula is C30H37ClN6O4S. The van der Waals surface area contributed by atoms with Gasteiger partial charge in [0, 0.05) is 67.1 Å². The average Bonchev–Trinajstić information content (AvgIpc) is 3.38. The number of likely N-dealkylation sites (N-methyl/N-ethyl adjacent to an activating group) is 2. The van der Waals surface area contributed by atoms with Gasteiger partial charge in [-0.15, -0.1) is 0 Å². The smallest absolute Gasteiger partial charge is 0.318 e. The van der Waals surface area contributed by atoms with Crippen LogP contribution in [0.3, 0.4) is 0 Å². The molecule has 0 bridgehead atoms. The molecule has 2 aliphatic rings. The van der Waals surface area contributed by atoms with E-state index in [1.54, 1.807) is 0 Å². The fourth-order valence-electron chi connectivity index (χ4n) is 5.57. The Hall–Kier alpha value is -3.41. The Balaban J connectivity index is 1.38. The van der Waals surface area contributed by atoms with E-state index in [4.69, 9.17) is 26.3 Å². The maximum Gasteiger partial charge on any atom is 0.318 e. The molecule has 224 valence electrons. The summed E-state index contributed by atoms with van der Waals surface area (Å²) in [7, 11) is 0.665. The van der Waals surface area contributed by atoms with Gasteiger partial charge in [-0.3, -0.25) is 4.79 Å². The van der Waals surface area contributed by atoms with Crippen LogP contribution in [0.15, 0.2) is 47.9 Å². The number of hydrogen-bond acceptors (Lipinski definition) is 9. The van der Waals surface area contributed by atoms with Crippen molar-refractivity contribution in [2.24, 2.45) is 0 Å². The zero-order chi connectivity index (χ0) is 29.9. The summed E-state index contributed by atoms with van der Waals surface area (Å²) in [6.45, 7) is 3.70. The number of sulfone groups is 1. The van der Waals surface area contributed by atoms with Gasteiger partial charge in [0.25, 0.3) is 0 Å². The van der Waals surface area contributed by atoms with Gasteiger partial charge in [-0.1, -0.05) is 35.9 Å². The van der Waals surface area contributed by atoms with Crippen molar-refractivity contribution in [2.45, 2.75) is 31.8 Å². The molecular weight excluding hydrogens is 576 g/mol. The second-order valence-corrected chi connectivity index (χ2v) is 13.3. The molecule has 3 heterocycles. The summed E-state index contributed by atoms with van der Waals surface area (Å²) in [5.41, 5.74) is 3.02. The first-order chi connectivity index (χ1) is 20.1. The van der Waals surface area contributed by atoms with Gasteiger partial charge in [0.1, 0.15) is 12.4 Å². The van der Waals surface area contributed by atoms with Crippen molar-refractivity contribution < 1.29 is 17.9 Å². The van der Waals surface area contributed by atoms with Crippen LogP contribution in [-0.2, 0) is 27.6 Å². The van der Waals surface area contributed by atoms with Gasteiger partial charge >= 0.3 is 6.01 Å². The van der Waals surface area contributed by atoms with Crippen molar-refractivity contribution in [1.29, 1.82) is 0 Å². The molecule has 1 atom stereocenters. The number of carbonyl (C=O) groups excluding carboxylic acids is 1. The summed E-state index contributed by atoms with van der Waals surface area (Å²) >= 11 is 6.65. The minimum Gasteiger partial charge on any atom is -0.462 e. The van der Waals surface area contributed by atoms with Gasteiger partial charge in [0.05, 0.1) is 17.3 Å². The van der Waals surface area contributed by atoms with Crippen LogP contribution < -0.4 is 19.9 Å². The molecule has 1 aromatic heterocycles. The van der Waals surface area contributed by atoms with Gasteiger partial charge in [-0.2, -0.15) is 9.97 Å². The molecule has 42 heavy (non-hydrogen) atoms. The summed E-state index contributed by atoms with van der Waals surface area (Å²) in [4.78, 5) is 28.4. The highest BCUT2D eigenvalue weighted by Crippen LogP contribution is 2.36. The van der Waals surface area contributed by atoms with Crippen molar-refractivity contribution in [3.05, 3.63) is 64.2 Å². The first-order valence-electron chi connectivity index (χ1n) is 14.1. The third-order valence-electron chi connectivity index (χ3n) is 7.85. The van der Waals surface area contributed by atoms with Crippen LogP contribution in [-0.4, -0.2) is 88.4 Å². The van der Waals surface area contributed by atoms with E-state index in [1.807, 2.05) is 24.1 Å². The van der Waals surface area contributed by atoms with E-state index in [0.717, 1.165) is 88.6 Å². The third-order valence-corrected chi connectivity index (χ3v) is 8.79. The molecule has 1 fully saturated rings. The number of amides is 1. The molecule has 1 saturated heterocycles. The number of hydrogen-bond donors (Lipinski definition) is 1. The standard InChI is InChI=1S/C30H37ClN6O4S/c1-35-15-6-9-22(35)20-41-30-33-25-19-37(26-11-5-8-21-7-4-10-24(31)28(21)26)16-12-23(25)29(34-30)36(2)17-14-32-27(38)13-18-42(3,39)40/h4-5,7-8,10-11,13,18,22H,6,9,12,14-17,19-20H2,1-3H3,(H,32,38)/b18-13+/t22-/m0/s1. The van der Waals surface area contributed by atoms with Crippen LogP contribution in [0.25, 0.3) is 10.8 Å². The highest BCUT2D eigenvalue weighted by Gasteiger charge is 2.27. The monoisotopic (exact) mass is 612 g/mol. The molecule has 3 aromatic rings. The number of aromatic nitrogens is 2. The zero-order valence-electron chi connectivity index (χ0n) is 24.2. The SMILES string of the molecule is CN(CCNC(=O)/C=C/S(C)(=O)=O)c1nc(OC[C@@H]2CCCN2C)nc2c1CCN(c1cccc3cccc(Cl)c13)C2. The molecule has 0 unspecified atom stereocenters. The lowest BCUT2D eigenvalue weighted by Gasteiger charge is -2.33. The number of benzene rings is 2. The Morgan fingerprint density at radius 3 is 2.74 bits per heavy atom. The molecule has 0 radical (unpaired) electrons. The number of fused-ring (bicyclic) bond motifs is 2. The molecule has 0 aliphatic carbocycles. The summed E-state index contributed by atoms with van der Waals surface area (Å²) in [5, 5.41) is 6.47. The Morgan fingerprint density at radius 1 is 1.21 bits per heavy atom. The van der Waals surface area contributed by atoms with Gasteiger partial charge in [0.15, 0.2) is 9.84 Å². The maximum absolute atomic E-state index is 12.1.